The van der Waals surface area contributed by atoms with Crippen LogP contribution in [0.1, 0.15) is 60.1 Å². The number of likely N-dealkylation sites (tertiary alicyclic amines) is 1. The number of aromatic nitrogens is 1. The summed E-state index contributed by atoms with van der Waals surface area (Å²) in [6, 6.07) is 6.43. The molecule has 1 atom stereocenters. The molecule has 1 aliphatic carbocycles. The molecule has 2 aliphatic rings. The van der Waals surface area contributed by atoms with Crippen molar-refractivity contribution >= 4 is 16.7 Å². The van der Waals surface area contributed by atoms with Gasteiger partial charge in [0.2, 0.25) is 0 Å². The Kier molecular flexibility index (Phi) is 5.14. The number of ketones is 1. The van der Waals surface area contributed by atoms with Gasteiger partial charge < -0.3 is 14.6 Å². The Morgan fingerprint density at radius 3 is 2.58 bits per heavy atom. The molecule has 1 aromatic carbocycles. The molecule has 2 aromatic rings. The van der Waals surface area contributed by atoms with E-state index in [-0.39, 0.29) is 5.78 Å². The van der Waals surface area contributed by atoms with Crippen molar-refractivity contribution < 1.29 is 9.90 Å². The van der Waals surface area contributed by atoms with Crippen LogP contribution >= 0.6 is 0 Å². The van der Waals surface area contributed by atoms with Crippen molar-refractivity contribution in [2.45, 2.75) is 64.5 Å². The lowest BCUT2D eigenvalue weighted by Crippen LogP contribution is -2.36. The first kappa shape index (κ1) is 17.7. The highest BCUT2D eigenvalue weighted by atomic mass is 16.3. The minimum absolute atomic E-state index is 0.238. The van der Waals surface area contributed by atoms with Crippen LogP contribution in [0.5, 0.6) is 0 Å². The van der Waals surface area contributed by atoms with Crippen molar-refractivity contribution in [3.63, 3.8) is 0 Å². The third-order valence-corrected chi connectivity index (χ3v) is 5.98. The molecule has 1 unspecified atom stereocenters. The van der Waals surface area contributed by atoms with E-state index in [2.05, 4.69) is 34.6 Å². The molecule has 0 spiro atoms. The number of aliphatic hydroxyl groups is 1. The highest BCUT2D eigenvalue weighted by Crippen LogP contribution is 2.33. The van der Waals surface area contributed by atoms with Gasteiger partial charge in [-0.15, -0.1) is 0 Å². The molecule has 1 N–H and O–H groups in total. The Balaban J connectivity index is 1.63. The molecule has 1 fully saturated rings. The molecule has 0 amide bonds. The van der Waals surface area contributed by atoms with E-state index in [9.17, 15) is 9.90 Å². The maximum atomic E-state index is 12.7. The first-order valence-electron chi connectivity index (χ1n) is 10.2. The molecular formula is C22H30N2O2. The number of β-amino-alcohol motifs (C(OH)–C–C–N with tert-alkyl or cyclic N) is 1. The number of aliphatic hydroxyl groups excluding tert-OH is 1. The van der Waals surface area contributed by atoms with Gasteiger partial charge in [-0.05, 0) is 63.4 Å². The molecule has 140 valence electrons. The van der Waals surface area contributed by atoms with Crippen LogP contribution in [0.2, 0.25) is 0 Å². The fourth-order valence-electron chi connectivity index (χ4n) is 4.73. The summed E-state index contributed by atoms with van der Waals surface area (Å²) in [4.78, 5) is 15.1. The molecule has 4 rings (SSSR count). The molecule has 2 heterocycles. The molecule has 0 saturated carbocycles. The normalized spacial score (nSPS) is 20.2. The predicted molar refractivity (Wildman–Crippen MR) is 105 cm³/mol. The molecule has 1 saturated heterocycles. The topological polar surface area (TPSA) is 45.5 Å². The number of aryl methyl sites for hydroxylation is 2. The monoisotopic (exact) mass is 354 g/mol. The van der Waals surface area contributed by atoms with E-state index < -0.39 is 6.10 Å². The Morgan fingerprint density at radius 2 is 1.81 bits per heavy atom. The van der Waals surface area contributed by atoms with E-state index in [4.69, 9.17) is 0 Å². The van der Waals surface area contributed by atoms with E-state index >= 15 is 0 Å². The van der Waals surface area contributed by atoms with Crippen molar-refractivity contribution in [3.05, 3.63) is 35.0 Å². The lowest BCUT2D eigenvalue weighted by atomic mass is 9.94. The van der Waals surface area contributed by atoms with Gasteiger partial charge in [-0.3, -0.25) is 4.79 Å². The van der Waals surface area contributed by atoms with Gasteiger partial charge >= 0.3 is 0 Å². The molecule has 4 heteroatoms. The molecule has 1 aliphatic heterocycles. The van der Waals surface area contributed by atoms with Crippen LogP contribution < -0.4 is 0 Å². The summed E-state index contributed by atoms with van der Waals surface area (Å²) in [6.45, 7) is 5.48. The van der Waals surface area contributed by atoms with Gasteiger partial charge in [0.15, 0.2) is 5.78 Å². The average molecular weight is 354 g/mol. The minimum atomic E-state index is -0.441. The number of carbonyl (C=O) groups is 1. The second-order valence-electron chi connectivity index (χ2n) is 8.10. The van der Waals surface area contributed by atoms with Crippen molar-refractivity contribution in [3.8, 4) is 0 Å². The predicted octanol–water partition coefficient (Wildman–Crippen LogP) is 3.71. The van der Waals surface area contributed by atoms with Crippen molar-refractivity contribution in [1.29, 1.82) is 0 Å². The molecule has 26 heavy (non-hydrogen) atoms. The third kappa shape index (κ3) is 3.45. The molecule has 0 bridgehead atoms. The molecule has 0 radical (unpaired) electrons. The maximum Gasteiger partial charge on any atom is 0.179 e. The summed E-state index contributed by atoms with van der Waals surface area (Å²) >= 11 is 0. The summed E-state index contributed by atoms with van der Waals surface area (Å²) in [5.74, 6) is 0.238. The summed E-state index contributed by atoms with van der Waals surface area (Å²) in [7, 11) is 0. The molecular weight excluding hydrogens is 324 g/mol. The van der Waals surface area contributed by atoms with E-state index in [1.807, 2.05) is 0 Å². The average Bonchev–Trinajstić information content (AvgIpc) is 2.76. The summed E-state index contributed by atoms with van der Waals surface area (Å²) in [6.07, 6.45) is 7.16. The number of carbonyl (C=O) groups excluding carboxylic acids is 1. The van der Waals surface area contributed by atoms with Gasteiger partial charge in [-0.1, -0.05) is 24.5 Å². The number of hydrogen-bond acceptors (Lipinski definition) is 3. The van der Waals surface area contributed by atoms with Crippen LogP contribution in [0.3, 0.4) is 0 Å². The summed E-state index contributed by atoms with van der Waals surface area (Å²) < 4.78 is 2.11. The van der Waals surface area contributed by atoms with E-state index in [0.717, 1.165) is 37.1 Å². The molecule has 4 nitrogen and oxygen atoms in total. The number of fused-ring (bicyclic) bond motifs is 3. The van der Waals surface area contributed by atoms with Gasteiger partial charge in [0.25, 0.3) is 0 Å². The van der Waals surface area contributed by atoms with Crippen molar-refractivity contribution in [1.82, 2.24) is 9.47 Å². The number of rotatable bonds is 4. The zero-order valence-electron chi connectivity index (χ0n) is 15.8. The van der Waals surface area contributed by atoms with Gasteiger partial charge in [-0.25, -0.2) is 0 Å². The number of hydrogen-bond donors (Lipinski definition) is 1. The van der Waals surface area contributed by atoms with Gasteiger partial charge in [0.1, 0.15) is 0 Å². The quantitative estimate of drug-likeness (QED) is 0.910. The van der Waals surface area contributed by atoms with E-state index in [0.29, 0.717) is 19.5 Å². The van der Waals surface area contributed by atoms with Crippen LogP contribution in [-0.2, 0) is 13.0 Å². The fourth-order valence-corrected chi connectivity index (χ4v) is 4.73. The van der Waals surface area contributed by atoms with Gasteiger partial charge in [0.05, 0.1) is 18.3 Å². The van der Waals surface area contributed by atoms with Crippen molar-refractivity contribution in [2.75, 3.05) is 19.6 Å². The maximum absolute atomic E-state index is 12.7. The van der Waals surface area contributed by atoms with Gasteiger partial charge in [-0.2, -0.15) is 0 Å². The van der Waals surface area contributed by atoms with Crippen LogP contribution in [0, 0.1) is 6.92 Å². The standard InChI is InChI=1S/C22H30N2O2/c1-16-9-10-20-19(13-16)18-7-6-8-21(26)22(18)24(20)15-17(25)14-23-11-4-2-3-5-12-23/h9-10,13,17,25H,2-8,11-12,14-15H2,1H3. The second kappa shape index (κ2) is 7.53. The smallest absolute Gasteiger partial charge is 0.179 e. The van der Waals surface area contributed by atoms with Crippen LogP contribution in [0.25, 0.3) is 10.9 Å². The largest absolute Gasteiger partial charge is 0.390 e. The SMILES string of the molecule is Cc1ccc2c(c1)c1c(n2CC(O)CN2CCCCCC2)C(=O)CCC1. The fraction of sp³-hybridized carbons (Fsp3) is 0.591. The third-order valence-electron chi connectivity index (χ3n) is 5.98. The lowest BCUT2D eigenvalue weighted by molar-refractivity contribution is 0.0921. The highest BCUT2D eigenvalue weighted by Gasteiger charge is 2.27. The first-order chi connectivity index (χ1) is 12.6. The highest BCUT2D eigenvalue weighted by molar-refractivity contribution is 6.04. The number of benzene rings is 1. The zero-order chi connectivity index (χ0) is 18.1. The summed E-state index contributed by atoms with van der Waals surface area (Å²) in [5, 5.41) is 12.0. The first-order valence-corrected chi connectivity index (χ1v) is 10.2. The summed E-state index contributed by atoms with van der Waals surface area (Å²) in [5.41, 5.74) is 4.38. The Labute approximate surface area is 155 Å². The lowest BCUT2D eigenvalue weighted by Gasteiger charge is -2.24. The Hall–Kier alpha value is -1.65. The van der Waals surface area contributed by atoms with Gasteiger partial charge in [0, 0.05) is 23.9 Å². The second-order valence-corrected chi connectivity index (χ2v) is 8.10. The van der Waals surface area contributed by atoms with Crippen LogP contribution in [0.15, 0.2) is 18.2 Å². The number of nitrogens with zero attached hydrogens (tertiary/aromatic N) is 2. The molecule has 1 aromatic heterocycles. The Bertz CT molecular complexity index is 800. The van der Waals surface area contributed by atoms with Crippen LogP contribution in [0.4, 0.5) is 0 Å². The van der Waals surface area contributed by atoms with E-state index in [1.165, 1.54) is 42.2 Å². The van der Waals surface area contributed by atoms with Crippen LogP contribution in [-0.4, -0.2) is 46.1 Å². The number of Topliss-reactive ketones (excluding diaryl/α,β-unsaturated/α-hetero) is 1. The minimum Gasteiger partial charge on any atom is -0.390 e. The Morgan fingerprint density at radius 1 is 1.04 bits per heavy atom. The van der Waals surface area contributed by atoms with E-state index in [1.54, 1.807) is 0 Å². The van der Waals surface area contributed by atoms with Crippen molar-refractivity contribution in [2.24, 2.45) is 0 Å². The zero-order valence-corrected chi connectivity index (χ0v) is 15.8.